The Bertz CT molecular complexity index is 404. The molecule has 19 heavy (non-hydrogen) atoms. The van der Waals surface area contributed by atoms with Crippen molar-refractivity contribution in [2.45, 2.75) is 39.3 Å². The van der Waals surface area contributed by atoms with Crippen LogP contribution in [-0.2, 0) is 13.0 Å². The Morgan fingerprint density at radius 1 is 1.37 bits per heavy atom. The summed E-state index contributed by atoms with van der Waals surface area (Å²) in [5.74, 6) is 1.08. The summed E-state index contributed by atoms with van der Waals surface area (Å²) >= 11 is 0. The molecule has 0 fully saturated rings. The second-order valence-electron chi connectivity index (χ2n) is 5.74. The molecule has 1 aliphatic rings. The van der Waals surface area contributed by atoms with E-state index in [0.717, 1.165) is 44.8 Å². The predicted octanol–water partition coefficient (Wildman–Crippen LogP) is 2.44. The van der Waals surface area contributed by atoms with Crippen LogP contribution in [0.1, 0.15) is 31.4 Å². The first-order valence-corrected chi connectivity index (χ1v) is 7.31. The average molecular weight is 262 g/mol. The molecule has 0 amide bonds. The first kappa shape index (κ1) is 14.4. The molecule has 0 radical (unpaired) electrons. The van der Waals surface area contributed by atoms with Crippen molar-refractivity contribution in [3.8, 4) is 5.75 Å². The Morgan fingerprint density at radius 3 is 3.00 bits per heavy atom. The normalized spacial score (nSPS) is 14.6. The average Bonchev–Trinajstić information content (AvgIpc) is 2.38. The lowest BCUT2D eigenvalue weighted by atomic mass is 10.0. The van der Waals surface area contributed by atoms with Crippen LogP contribution in [-0.4, -0.2) is 37.7 Å². The second-order valence-corrected chi connectivity index (χ2v) is 5.74. The SMILES string of the molecule is CC(C)NCCN(C)Cc1ccc2c(c1)CCCO2. The van der Waals surface area contributed by atoms with Gasteiger partial charge in [-0.15, -0.1) is 0 Å². The molecule has 2 rings (SSSR count). The molecule has 0 atom stereocenters. The first-order chi connectivity index (χ1) is 9.15. The largest absolute Gasteiger partial charge is 0.493 e. The molecule has 0 saturated carbocycles. The van der Waals surface area contributed by atoms with E-state index in [4.69, 9.17) is 4.74 Å². The van der Waals surface area contributed by atoms with Crippen LogP contribution in [0.5, 0.6) is 5.75 Å². The molecule has 1 aromatic carbocycles. The van der Waals surface area contributed by atoms with Gasteiger partial charge in [-0.05, 0) is 37.1 Å². The molecule has 0 spiro atoms. The molecule has 0 aliphatic carbocycles. The molecule has 106 valence electrons. The number of rotatable bonds is 6. The van der Waals surface area contributed by atoms with Crippen molar-refractivity contribution >= 4 is 0 Å². The highest BCUT2D eigenvalue weighted by Gasteiger charge is 2.11. The van der Waals surface area contributed by atoms with Gasteiger partial charge in [-0.25, -0.2) is 0 Å². The van der Waals surface area contributed by atoms with Crippen molar-refractivity contribution in [3.63, 3.8) is 0 Å². The molecule has 0 bridgehead atoms. The number of nitrogens with zero attached hydrogens (tertiary/aromatic N) is 1. The summed E-state index contributed by atoms with van der Waals surface area (Å²) in [6, 6.07) is 7.19. The third-order valence-corrected chi connectivity index (χ3v) is 3.47. The maximum atomic E-state index is 5.65. The Morgan fingerprint density at radius 2 is 2.21 bits per heavy atom. The van der Waals surface area contributed by atoms with Crippen LogP contribution in [0.4, 0.5) is 0 Å². The molecule has 3 nitrogen and oxygen atoms in total. The van der Waals surface area contributed by atoms with Crippen molar-refractivity contribution in [2.75, 3.05) is 26.7 Å². The van der Waals surface area contributed by atoms with Gasteiger partial charge < -0.3 is 15.0 Å². The van der Waals surface area contributed by atoms with Gasteiger partial charge in [0, 0.05) is 25.7 Å². The summed E-state index contributed by atoms with van der Waals surface area (Å²) in [5.41, 5.74) is 2.76. The van der Waals surface area contributed by atoms with Crippen LogP contribution >= 0.6 is 0 Å². The van der Waals surface area contributed by atoms with Gasteiger partial charge in [-0.2, -0.15) is 0 Å². The van der Waals surface area contributed by atoms with E-state index in [0.29, 0.717) is 6.04 Å². The number of nitrogens with one attached hydrogen (secondary N) is 1. The highest BCUT2D eigenvalue weighted by molar-refractivity contribution is 5.38. The lowest BCUT2D eigenvalue weighted by Gasteiger charge is -2.21. The summed E-state index contributed by atoms with van der Waals surface area (Å²) in [5, 5.41) is 3.45. The molecular weight excluding hydrogens is 236 g/mol. The number of hydrogen-bond donors (Lipinski definition) is 1. The van der Waals surface area contributed by atoms with Crippen molar-refractivity contribution in [2.24, 2.45) is 0 Å². The molecule has 0 saturated heterocycles. The van der Waals surface area contributed by atoms with Crippen molar-refractivity contribution in [3.05, 3.63) is 29.3 Å². The van der Waals surface area contributed by atoms with Gasteiger partial charge in [0.1, 0.15) is 5.75 Å². The minimum atomic E-state index is 0.564. The van der Waals surface area contributed by atoms with Crippen molar-refractivity contribution in [1.29, 1.82) is 0 Å². The van der Waals surface area contributed by atoms with Crippen LogP contribution in [0.15, 0.2) is 18.2 Å². The molecule has 1 aliphatic heterocycles. The zero-order valence-electron chi connectivity index (χ0n) is 12.4. The molecule has 1 heterocycles. The fraction of sp³-hybridized carbons (Fsp3) is 0.625. The third kappa shape index (κ3) is 4.51. The quantitative estimate of drug-likeness (QED) is 0.852. The van der Waals surface area contributed by atoms with Gasteiger partial charge in [0.05, 0.1) is 6.61 Å². The molecule has 1 aromatic rings. The van der Waals surface area contributed by atoms with Gasteiger partial charge in [-0.3, -0.25) is 0 Å². The van der Waals surface area contributed by atoms with E-state index >= 15 is 0 Å². The van der Waals surface area contributed by atoms with Crippen LogP contribution < -0.4 is 10.1 Å². The molecule has 3 heteroatoms. The van der Waals surface area contributed by atoms with E-state index in [9.17, 15) is 0 Å². The number of hydrogen-bond acceptors (Lipinski definition) is 3. The molecule has 0 unspecified atom stereocenters. The fourth-order valence-electron chi connectivity index (χ4n) is 2.45. The second kappa shape index (κ2) is 6.92. The monoisotopic (exact) mass is 262 g/mol. The van der Waals surface area contributed by atoms with Crippen LogP contribution in [0.2, 0.25) is 0 Å². The van der Waals surface area contributed by atoms with Crippen molar-refractivity contribution < 1.29 is 4.74 Å². The first-order valence-electron chi connectivity index (χ1n) is 7.31. The Balaban J connectivity index is 1.85. The van der Waals surface area contributed by atoms with Gasteiger partial charge in [0.15, 0.2) is 0 Å². The third-order valence-electron chi connectivity index (χ3n) is 3.47. The summed E-state index contributed by atoms with van der Waals surface area (Å²) < 4.78 is 5.65. The summed E-state index contributed by atoms with van der Waals surface area (Å²) in [6.45, 7) is 8.36. The number of fused-ring (bicyclic) bond motifs is 1. The maximum Gasteiger partial charge on any atom is 0.122 e. The van der Waals surface area contributed by atoms with Gasteiger partial charge in [0.2, 0.25) is 0 Å². The summed E-state index contributed by atoms with van der Waals surface area (Å²) in [4.78, 5) is 2.36. The number of likely N-dealkylation sites (N-methyl/N-ethyl adjacent to an activating group) is 1. The lowest BCUT2D eigenvalue weighted by Crippen LogP contribution is -2.32. The van der Waals surface area contributed by atoms with E-state index < -0.39 is 0 Å². The minimum Gasteiger partial charge on any atom is -0.493 e. The van der Waals surface area contributed by atoms with E-state index in [1.165, 1.54) is 11.1 Å². The number of benzene rings is 1. The Hall–Kier alpha value is -1.06. The molecule has 1 N–H and O–H groups in total. The highest BCUT2D eigenvalue weighted by atomic mass is 16.5. The van der Waals surface area contributed by atoms with E-state index in [-0.39, 0.29) is 0 Å². The van der Waals surface area contributed by atoms with Gasteiger partial charge in [0.25, 0.3) is 0 Å². The Kier molecular flexibility index (Phi) is 5.23. The highest BCUT2D eigenvalue weighted by Crippen LogP contribution is 2.25. The van der Waals surface area contributed by atoms with Crippen LogP contribution in [0, 0.1) is 0 Å². The van der Waals surface area contributed by atoms with E-state index in [1.54, 1.807) is 0 Å². The summed E-state index contributed by atoms with van der Waals surface area (Å²) in [7, 11) is 2.18. The smallest absolute Gasteiger partial charge is 0.122 e. The fourth-order valence-corrected chi connectivity index (χ4v) is 2.45. The zero-order valence-corrected chi connectivity index (χ0v) is 12.4. The Labute approximate surface area is 116 Å². The predicted molar refractivity (Wildman–Crippen MR) is 79.7 cm³/mol. The van der Waals surface area contributed by atoms with Gasteiger partial charge >= 0.3 is 0 Å². The van der Waals surface area contributed by atoms with Crippen molar-refractivity contribution in [1.82, 2.24) is 10.2 Å². The standard InChI is InChI=1S/C16H26N2O/c1-13(2)17-8-9-18(3)12-14-6-7-16-15(11-14)5-4-10-19-16/h6-7,11,13,17H,4-5,8-10,12H2,1-3H3. The minimum absolute atomic E-state index is 0.564. The number of aryl methyl sites for hydroxylation is 1. The zero-order chi connectivity index (χ0) is 13.7. The maximum absolute atomic E-state index is 5.65. The molecular formula is C16H26N2O. The number of ether oxygens (including phenoxy) is 1. The van der Waals surface area contributed by atoms with E-state index in [2.05, 4.69) is 49.3 Å². The molecule has 0 aromatic heterocycles. The van der Waals surface area contributed by atoms with E-state index in [1.807, 2.05) is 0 Å². The van der Waals surface area contributed by atoms with Crippen LogP contribution in [0.3, 0.4) is 0 Å². The lowest BCUT2D eigenvalue weighted by molar-refractivity contribution is 0.287. The summed E-state index contributed by atoms with van der Waals surface area (Å²) in [6.07, 6.45) is 2.30. The van der Waals surface area contributed by atoms with Gasteiger partial charge in [-0.1, -0.05) is 26.0 Å². The topological polar surface area (TPSA) is 24.5 Å². The van der Waals surface area contributed by atoms with Crippen LogP contribution in [0.25, 0.3) is 0 Å².